The van der Waals surface area contributed by atoms with E-state index >= 15 is 0 Å². The molecule has 7 amide bonds. The molecule has 0 fully saturated rings. The van der Waals surface area contributed by atoms with Crippen LogP contribution < -0.4 is 31.9 Å². The number of hydrogen-bond acceptors (Lipinski definition) is 11. The number of nitrogens with zero attached hydrogens (tertiary/aromatic N) is 2. The number of aryl methyl sites for hydroxylation is 1. The number of alkyl carbamates (subject to hydrolysis) is 3. The third kappa shape index (κ3) is 19.0. The van der Waals surface area contributed by atoms with Gasteiger partial charge in [-0.25, -0.2) is 14.4 Å². The Labute approximate surface area is 356 Å². The molecule has 0 aliphatic carbocycles. The van der Waals surface area contributed by atoms with Crippen LogP contribution in [0.3, 0.4) is 0 Å². The van der Waals surface area contributed by atoms with E-state index in [0.29, 0.717) is 12.1 Å². The summed E-state index contributed by atoms with van der Waals surface area (Å²) < 4.78 is 15.9. The fourth-order valence-corrected chi connectivity index (χ4v) is 5.47. The second kappa shape index (κ2) is 22.2. The Balaban J connectivity index is 1.80. The monoisotopic (exact) mass is 848 g/mol. The molecule has 0 radical (unpaired) electrons. The van der Waals surface area contributed by atoms with Gasteiger partial charge in [-0.1, -0.05) is 48.5 Å². The summed E-state index contributed by atoms with van der Waals surface area (Å²) >= 11 is 0. The summed E-state index contributed by atoms with van der Waals surface area (Å²) in [5.41, 5.74) is -0.505. The number of anilines is 1. The van der Waals surface area contributed by atoms with Crippen LogP contribution in [0.15, 0.2) is 66.9 Å². The fourth-order valence-electron chi connectivity index (χ4n) is 5.47. The van der Waals surface area contributed by atoms with Crippen LogP contribution in [0.4, 0.5) is 20.1 Å². The average Bonchev–Trinajstić information content (AvgIpc) is 3.15. The minimum absolute atomic E-state index is 0.118. The fraction of sp³-hybridized carbons (Fsp3) is 0.488. The van der Waals surface area contributed by atoms with Gasteiger partial charge in [0.2, 0.25) is 11.8 Å². The zero-order valence-corrected chi connectivity index (χ0v) is 36.4. The molecule has 0 saturated heterocycles. The minimum Gasteiger partial charge on any atom is -0.444 e. The van der Waals surface area contributed by atoms with Crippen LogP contribution in [0.1, 0.15) is 74.3 Å². The highest BCUT2D eigenvalue weighted by atomic mass is 16.6. The normalized spacial score (nSPS) is 12.5. The molecule has 1 heterocycles. The first-order valence-corrected chi connectivity index (χ1v) is 20.0. The van der Waals surface area contributed by atoms with Crippen LogP contribution in [-0.4, -0.2) is 113 Å². The largest absolute Gasteiger partial charge is 0.444 e. The maximum atomic E-state index is 14.0. The second-order valence-electron chi connectivity index (χ2n) is 17.0. The first kappa shape index (κ1) is 48.9. The Kier molecular flexibility index (Phi) is 17.8. The number of pyridine rings is 1. The minimum atomic E-state index is -1.53. The summed E-state index contributed by atoms with van der Waals surface area (Å²) in [7, 11) is 0. The molecule has 18 heteroatoms. The third-order valence-corrected chi connectivity index (χ3v) is 8.11. The van der Waals surface area contributed by atoms with Gasteiger partial charge in [0.1, 0.15) is 28.9 Å². The van der Waals surface area contributed by atoms with Crippen molar-refractivity contribution in [2.45, 2.75) is 104 Å². The topological polar surface area (TPSA) is 235 Å². The third-order valence-electron chi connectivity index (χ3n) is 8.11. The van der Waals surface area contributed by atoms with Crippen molar-refractivity contribution in [2.75, 3.05) is 38.0 Å². The molecule has 0 aliphatic heterocycles. The van der Waals surface area contributed by atoms with Crippen LogP contribution in [-0.2, 0) is 39.8 Å². The van der Waals surface area contributed by atoms with E-state index < -0.39 is 77.3 Å². The van der Waals surface area contributed by atoms with Gasteiger partial charge in [-0.05, 0) is 92.9 Å². The highest BCUT2D eigenvalue weighted by Crippen LogP contribution is 2.17. The quantitative estimate of drug-likeness (QED) is 0.0884. The van der Waals surface area contributed by atoms with E-state index in [1.54, 1.807) is 68.4 Å². The maximum absolute atomic E-state index is 14.0. The molecular formula is C43H60N8O10. The van der Waals surface area contributed by atoms with Gasteiger partial charge in [0, 0.05) is 38.1 Å². The molecule has 0 bridgehead atoms. The van der Waals surface area contributed by atoms with Crippen LogP contribution >= 0.6 is 0 Å². The summed E-state index contributed by atoms with van der Waals surface area (Å²) in [4.78, 5) is 97.7. The van der Waals surface area contributed by atoms with Crippen molar-refractivity contribution in [3.05, 3.63) is 72.4 Å². The van der Waals surface area contributed by atoms with Gasteiger partial charge >= 0.3 is 30.1 Å². The van der Waals surface area contributed by atoms with Gasteiger partial charge in [0.25, 0.3) is 0 Å². The number of rotatable bonds is 16. The van der Waals surface area contributed by atoms with Gasteiger partial charge in [-0.3, -0.25) is 24.2 Å². The van der Waals surface area contributed by atoms with Crippen molar-refractivity contribution >= 4 is 58.5 Å². The molecule has 3 aromatic rings. The van der Waals surface area contributed by atoms with E-state index in [2.05, 4.69) is 36.9 Å². The molecule has 3 rings (SSSR count). The van der Waals surface area contributed by atoms with Crippen LogP contribution in [0, 0.1) is 0 Å². The molecule has 0 aliphatic rings. The number of carbonyl (C=O) groups excluding carboxylic acids is 7. The number of hydrogen-bond donors (Lipinski definition) is 6. The smallest absolute Gasteiger partial charge is 0.408 e. The number of benzene rings is 2. The standard InChI is InChI=1S/C43H60N8O10/c1-41(2,3)59-38(56)44-21-23-51(24-22-45-39(57)60-42(4,5)6)37(55)36(54)47-27-33(50-40(58)61-43(7,8)9)35(53)49-32(20-19-28-15-11-10-12-16-28)34(52)48-30-25-29-17-13-14-18-31(29)46-26-30/h10-18,25-26,32-33H,19-24,27H2,1-9H3,(H,44,56)(H,45,57)(H,47,54)(H,48,52)(H,49,53)(H,50,58)/t32-,33-/m0/s1. The van der Waals surface area contributed by atoms with Gasteiger partial charge < -0.3 is 51.0 Å². The number of aromatic nitrogens is 1. The molecule has 6 N–H and O–H groups in total. The van der Waals surface area contributed by atoms with Crippen molar-refractivity contribution in [1.82, 2.24) is 36.5 Å². The maximum Gasteiger partial charge on any atom is 0.408 e. The number of nitrogens with one attached hydrogen (secondary N) is 6. The average molecular weight is 849 g/mol. The first-order chi connectivity index (χ1) is 28.5. The number of amides is 7. The van der Waals surface area contributed by atoms with Crippen molar-refractivity contribution in [1.29, 1.82) is 0 Å². The lowest BCUT2D eigenvalue weighted by atomic mass is 10.0. The lowest BCUT2D eigenvalue weighted by Gasteiger charge is -2.26. The zero-order valence-electron chi connectivity index (χ0n) is 36.4. The lowest BCUT2D eigenvalue weighted by molar-refractivity contribution is -0.146. The van der Waals surface area contributed by atoms with Crippen molar-refractivity contribution in [2.24, 2.45) is 0 Å². The van der Waals surface area contributed by atoms with Gasteiger partial charge in [-0.2, -0.15) is 0 Å². The lowest BCUT2D eigenvalue weighted by Crippen LogP contribution is -2.58. The Bertz CT molecular complexity index is 1960. The molecular weight excluding hydrogens is 789 g/mol. The van der Waals surface area contributed by atoms with E-state index in [4.69, 9.17) is 14.2 Å². The van der Waals surface area contributed by atoms with Crippen LogP contribution in [0.2, 0.25) is 0 Å². The molecule has 2 aromatic carbocycles. The molecule has 18 nitrogen and oxygen atoms in total. The number of fused-ring (bicyclic) bond motifs is 1. The second-order valence-corrected chi connectivity index (χ2v) is 17.0. The van der Waals surface area contributed by atoms with E-state index in [9.17, 15) is 33.6 Å². The zero-order chi connectivity index (χ0) is 45.4. The number of carbonyl (C=O) groups is 7. The van der Waals surface area contributed by atoms with E-state index in [1.807, 2.05) is 54.6 Å². The number of ether oxygens (including phenoxy) is 3. The predicted octanol–water partition coefficient (Wildman–Crippen LogP) is 4.18. The molecule has 0 unspecified atom stereocenters. The summed E-state index contributed by atoms with van der Waals surface area (Å²) in [5, 5.41) is 16.2. The molecule has 61 heavy (non-hydrogen) atoms. The van der Waals surface area contributed by atoms with Gasteiger partial charge in [-0.15, -0.1) is 0 Å². The molecule has 2 atom stereocenters. The van der Waals surface area contributed by atoms with Crippen molar-refractivity contribution < 1.29 is 47.8 Å². The van der Waals surface area contributed by atoms with Gasteiger partial charge in [0.15, 0.2) is 0 Å². The SMILES string of the molecule is CC(C)(C)OC(=O)NCCN(CCNC(=O)OC(C)(C)C)C(=O)C(=O)NC[C@H](NC(=O)OC(C)(C)C)C(=O)N[C@@H](CCc1ccccc1)C(=O)Nc1cnc2ccccc2c1. The van der Waals surface area contributed by atoms with Crippen LogP contribution in [0.5, 0.6) is 0 Å². The van der Waals surface area contributed by atoms with Gasteiger partial charge in [0.05, 0.1) is 17.4 Å². The van der Waals surface area contributed by atoms with Crippen LogP contribution in [0.25, 0.3) is 10.9 Å². The Hall–Kier alpha value is -6.46. The Morgan fingerprint density at radius 3 is 1.75 bits per heavy atom. The highest BCUT2D eigenvalue weighted by Gasteiger charge is 2.31. The van der Waals surface area contributed by atoms with E-state index in [0.717, 1.165) is 21.4 Å². The molecule has 1 aromatic heterocycles. The molecule has 332 valence electrons. The van der Waals surface area contributed by atoms with E-state index in [-0.39, 0.29) is 32.6 Å². The Morgan fingerprint density at radius 2 is 1.18 bits per heavy atom. The van der Waals surface area contributed by atoms with Crippen molar-refractivity contribution in [3.8, 4) is 0 Å². The first-order valence-electron chi connectivity index (χ1n) is 20.0. The summed E-state index contributed by atoms with van der Waals surface area (Å²) in [5.74, 6) is -3.66. The highest BCUT2D eigenvalue weighted by molar-refractivity contribution is 6.35. The molecule has 0 saturated carbocycles. The predicted molar refractivity (Wildman–Crippen MR) is 228 cm³/mol. The van der Waals surface area contributed by atoms with Crippen molar-refractivity contribution in [3.63, 3.8) is 0 Å². The van der Waals surface area contributed by atoms with E-state index in [1.165, 1.54) is 6.20 Å². The Morgan fingerprint density at radius 1 is 0.639 bits per heavy atom. The summed E-state index contributed by atoms with van der Waals surface area (Å²) in [6.07, 6.45) is -0.447. The molecule has 0 spiro atoms. The summed E-state index contributed by atoms with van der Waals surface area (Å²) in [6, 6.07) is 15.8. The number of para-hydroxylation sites is 1. The summed E-state index contributed by atoms with van der Waals surface area (Å²) in [6.45, 7) is 13.8.